The fraction of sp³-hybridized carbons (Fsp3) is 0.167. The number of rotatable bonds is 6. The molecule has 0 fully saturated rings. The number of nitrogens with one attached hydrogen (secondary N) is 2. The first kappa shape index (κ1) is 19.5. The second-order valence-corrected chi connectivity index (χ2v) is 7.47. The fourth-order valence-corrected chi connectivity index (χ4v) is 3.28. The lowest BCUT2D eigenvalue weighted by Gasteiger charge is -2.11. The number of aromatic nitrogens is 2. The monoisotopic (exact) mass is 400 g/mol. The van der Waals surface area contributed by atoms with Crippen molar-refractivity contribution in [2.24, 2.45) is 0 Å². The topological polar surface area (TPSA) is 81.2 Å². The molecule has 0 spiro atoms. The number of benzene rings is 3. The molecule has 152 valence electrons. The number of hydrogen-bond donors (Lipinski definition) is 3. The van der Waals surface area contributed by atoms with Gasteiger partial charge in [0.2, 0.25) is 5.91 Å². The summed E-state index contributed by atoms with van der Waals surface area (Å²) >= 11 is 0. The number of H-pyrrole nitrogens is 1. The molecule has 1 amide bonds. The molecule has 6 nitrogen and oxygen atoms in total. The number of anilines is 2. The SMILES string of the molecule is CN(C)c1ccc(-c2nc3cc(NC(=O)CCc4ccc(O)cc4)ccc3[nH]2)cc1. The fourth-order valence-electron chi connectivity index (χ4n) is 3.28. The Labute approximate surface area is 175 Å². The largest absolute Gasteiger partial charge is 0.508 e. The third-order valence-corrected chi connectivity index (χ3v) is 5.00. The van der Waals surface area contributed by atoms with E-state index in [0.29, 0.717) is 12.8 Å². The van der Waals surface area contributed by atoms with Crippen molar-refractivity contribution in [3.05, 3.63) is 72.3 Å². The predicted octanol–water partition coefficient (Wildman–Crippen LogP) is 4.57. The molecule has 4 rings (SSSR count). The number of fused-ring (bicyclic) bond motifs is 1. The van der Waals surface area contributed by atoms with Crippen LogP contribution in [0.1, 0.15) is 12.0 Å². The van der Waals surface area contributed by atoms with Crippen molar-refractivity contribution < 1.29 is 9.90 Å². The van der Waals surface area contributed by atoms with Crippen LogP contribution >= 0.6 is 0 Å². The highest BCUT2D eigenvalue weighted by atomic mass is 16.3. The molecule has 3 aromatic carbocycles. The quantitative estimate of drug-likeness (QED) is 0.443. The molecule has 0 saturated heterocycles. The van der Waals surface area contributed by atoms with Crippen molar-refractivity contribution in [3.8, 4) is 17.1 Å². The number of carbonyl (C=O) groups is 1. The molecule has 0 aliphatic carbocycles. The van der Waals surface area contributed by atoms with Crippen LogP contribution in [0, 0.1) is 0 Å². The molecule has 30 heavy (non-hydrogen) atoms. The smallest absolute Gasteiger partial charge is 0.224 e. The average Bonchev–Trinajstić information content (AvgIpc) is 3.17. The zero-order chi connectivity index (χ0) is 21.1. The normalized spacial score (nSPS) is 10.9. The molecular weight excluding hydrogens is 376 g/mol. The van der Waals surface area contributed by atoms with Crippen LogP contribution in [0.5, 0.6) is 5.75 Å². The first-order chi connectivity index (χ1) is 14.5. The van der Waals surface area contributed by atoms with Gasteiger partial charge in [-0.3, -0.25) is 4.79 Å². The lowest BCUT2D eigenvalue weighted by Crippen LogP contribution is -2.12. The second kappa shape index (κ2) is 8.29. The Kier molecular flexibility index (Phi) is 5.39. The number of imidazole rings is 1. The van der Waals surface area contributed by atoms with Gasteiger partial charge < -0.3 is 20.3 Å². The summed E-state index contributed by atoms with van der Waals surface area (Å²) in [5, 5.41) is 12.3. The molecule has 0 radical (unpaired) electrons. The van der Waals surface area contributed by atoms with E-state index in [1.165, 1.54) is 0 Å². The number of aromatic amines is 1. The van der Waals surface area contributed by atoms with E-state index in [1.54, 1.807) is 12.1 Å². The average molecular weight is 400 g/mol. The molecule has 1 heterocycles. The molecule has 1 aromatic heterocycles. The van der Waals surface area contributed by atoms with Crippen LogP contribution in [-0.2, 0) is 11.2 Å². The molecule has 0 bridgehead atoms. The van der Waals surface area contributed by atoms with Gasteiger partial charge in [0.15, 0.2) is 0 Å². The van der Waals surface area contributed by atoms with E-state index in [0.717, 1.165) is 39.4 Å². The number of aryl methyl sites for hydroxylation is 1. The molecule has 0 aliphatic rings. The van der Waals surface area contributed by atoms with Crippen LogP contribution in [-0.4, -0.2) is 35.1 Å². The maximum atomic E-state index is 12.3. The molecule has 0 aliphatic heterocycles. The van der Waals surface area contributed by atoms with Gasteiger partial charge in [-0.2, -0.15) is 0 Å². The summed E-state index contributed by atoms with van der Waals surface area (Å²) in [6.07, 6.45) is 0.983. The number of hydrogen-bond acceptors (Lipinski definition) is 4. The Bertz CT molecular complexity index is 1160. The van der Waals surface area contributed by atoms with Gasteiger partial charge in [0.25, 0.3) is 0 Å². The molecule has 0 atom stereocenters. The van der Waals surface area contributed by atoms with Gasteiger partial charge in [-0.1, -0.05) is 12.1 Å². The predicted molar refractivity (Wildman–Crippen MR) is 121 cm³/mol. The van der Waals surface area contributed by atoms with Gasteiger partial charge in [-0.05, 0) is 66.6 Å². The first-order valence-corrected chi connectivity index (χ1v) is 9.83. The number of phenols is 1. The van der Waals surface area contributed by atoms with E-state index >= 15 is 0 Å². The van der Waals surface area contributed by atoms with E-state index in [9.17, 15) is 9.90 Å². The summed E-state index contributed by atoms with van der Waals surface area (Å²) < 4.78 is 0. The molecule has 4 aromatic rings. The third-order valence-electron chi connectivity index (χ3n) is 5.00. The van der Waals surface area contributed by atoms with Gasteiger partial charge in [0.1, 0.15) is 11.6 Å². The summed E-state index contributed by atoms with van der Waals surface area (Å²) in [7, 11) is 4.02. The first-order valence-electron chi connectivity index (χ1n) is 9.83. The van der Waals surface area contributed by atoms with Gasteiger partial charge in [-0.25, -0.2) is 4.98 Å². The zero-order valence-corrected chi connectivity index (χ0v) is 17.0. The van der Waals surface area contributed by atoms with Gasteiger partial charge in [0.05, 0.1) is 11.0 Å². The minimum Gasteiger partial charge on any atom is -0.508 e. The van der Waals surface area contributed by atoms with Gasteiger partial charge >= 0.3 is 0 Å². The lowest BCUT2D eigenvalue weighted by molar-refractivity contribution is -0.116. The van der Waals surface area contributed by atoms with Crippen LogP contribution in [0.4, 0.5) is 11.4 Å². The van der Waals surface area contributed by atoms with Gasteiger partial charge in [-0.15, -0.1) is 0 Å². The van der Waals surface area contributed by atoms with E-state index in [4.69, 9.17) is 0 Å². The highest BCUT2D eigenvalue weighted by Gasteiger charge is 2.09. The Morgan fingerprint density at radius 1 is 1.03 bits per heavy atom. The highest BCUT2D eigenvalue weighted by Crippen LogP contribution is 2.24. The zero-order valence-electron chi connectivity index (χ0n) is 17.0. The Hall–Kier alpha value is -3.80. The number of phenolic OH excluding ortho intramolecular Hbond substituents is 1. The standard InChI is InChI=1S/C24H24N4O2/c1-28(2)19-9-6-17(7-10-19)24-26-21-13-8-18(15-22(21)27-24)25-23(30)14-5-16-3-11-20(29)12-4-16/h3-4,6-13,15,29H,5,14H2,1-2H3,(H,25,30)(H,26,27). The lowest BCUT2D eigenvalue weighted by atomic mass is 10.1. The van der Waals surface area contributed by atoms with Crippen molar-refractivity contribution in [1.82, 2.24) is 9.97 Å². The maximum absolute atomic E-state index is 12.3. The van der Waals surface area contributed by atoms with Crippen LogP contribution in [0.3, 0.4) is 0 Å². The van der Waals surface area contributed by atoms with Gasteiger partial charge in [0, 0.05) is 37.5 Å². The van der Waals surface area contributed by atoms with E-state index < -0.39 is 0 Å². The van der Waals surface area contributed by atoms with Crippen LogP contribution in [0.25, 0.3) is 22.4 Å². The number of nitrogens with zero attached hydrogens (tertiary/aromatic N) is 2. The van der Waals surface area contributed by atoms with E-state index in [1.807, 2.05) is 56.6 Å². The van der Waals surface area contributed by atoms with Crippen molar-refractivity contribution >= 4 is 28.3 Å². The summed E-state index contributed by atoms with van der Waals surface area (Å²) in [6.45, 7) is 0. The number of aromatic hydroxyl groups is 1. The minimum absolute atomic E-state index is 0.0579. The third kappa shape index (κ3) is 4.43. The van der Waals surface area contributed by atoms with Crippen molar-refractivity contribution in [3.63, 3.8) is 0 Å². The summed E-state index contributed by atoms with van der Waals surface area (Å²) in [5.41, 5.74) is 5.60. The minimum atomic E-state index is -0.0579. The highest BCUT2D eigenvalue weighted by molar-refractivity contribution is 5.93. The Morgan fingerprint density at radius 2 is 1.77 bits per heavy atom. The number of carbonyl (C=O) groups excluding carboxylic acids is 1. The summed E-state index contributed by atoms with van der Waals surface area (Å²) in [5.74, 6) is 0.965. The summed E-state index contributed by atoms with van der Waals surface area (Å²) in [6, 6.07) is 20.8. The van der Waals surface area contributed by atoms with Crippen molar-refractivity contribution in [1.29, 1.82) is 0 Å². The molecule has 0 saturated carbocycles. The molecular formula is C24H24N4O2. The Morgan fingerprint density at radius 3 is 2.47 bits per heavy atom. The Balaban J connectivity index is 1.44. The van der Waals surface area contributed by atoms with Crippen LogP contribution < -0.4 is 10.2 Å². The molecule has 3 N–H and O–H groups in total. The summed E-state index contributed by atoms with van der Waals surface area (Å²) in [4.78, 5) is 22.4. The maximum Gasteiger partial charge on any atom is 0.224 e. The second-order valence-electron chi connectivity index (χ2n) is 7.47. The number of amides is 1. The van der Waals surface area contributed by atoms with E-state index in [-0.39, 0.29) is 11.7 Å². The van der Waals surface area contributed by atoms with E-state index in [2.05, 4.69) is 32.3 Å². The van der Waals surface area contributed by atoms with Crippen LogP contribution in [0.2, 0.25) is 0 Å². The molecule has 6 heteroatoms. The van der Waals surface area contributed by atoms with Crippen LogP contribution in [0.15, 0.2) is 66.7 Å². The molecule has 0 unspecified atom stereocenters. The van der Waals surface area contributed by atoms with Crippen molar-refractivity contribution in [2.45, 2.75) is 12.8 Å². The van der Waals surface area contributed by atoms with Crippen molar-refractivity contribution in [2.75, 3.05) is 24.3 Å².